The molecule has 0 radical (unpaired) electrons. The summed E-state index contributed by atoms with van der Waals surface area (Å²) in [4.78, 5) is 9.86. The Kier molecular flexibility index (Phi) is 8.79. The van der Waals surface area contributed by atoms with Crippen molar-refractivity contribution in [2.45, 2.75) is 93.9 Å². The maximum absolute atomic E-state index is 6.73. The van der Waals surface area contributed by atoms with Gasteiger partial charge in [0.25, 0.3) is 0 Å². The largest absolute Gasteiger partial charge is 0.457 e. The van der Waals surface area contributed by atoms with Crippen molar-refractivity contribution < 1.29 is 4.74 Å². The van der Waals surface area contributed by atoms with Crippen molar-refractivity contribution in [3.05, 3.63) is 132 Å². The molecular formula is C48H56N4O. The van der Waals surface area contributed by atoms with E-state index in [1.807, 2.05) is 6.20 Å². The zero-order valence-electron chi connectivity index (χ0n) is 33.8. The summed E-state index contributed by atoms with van der Waals surface area (Å²) in [7, 11) is 0. The van der Waals surface area contributed by atoms with Crippen molar-refractivity contribution in [2.75, 3.05) is 16.5 Å². The number of para-hydroxylation sites is 1. The summed E-state index contributed by atoms with van der Waals surface area (Å²) in [5, 5.41) is 2.37. The maximum Gasteiger partial charge on any atom is 0.137 e. The third-order valence-electron chi connectivity index (χ3n) is 10.4. The Morgan fingerprint density at radius 1 is 0.491 bits per heavy atom. The number of benzene rings is 4. The molecule has 5 heteroatoms. The van der Waals surface area contributed by atoms with Crippen molar-refractivity contribution in [3.8, 4) is 17.3 Å². The topological polar surface area (TPSA) is 33.5 Å². The molecule has 2 aromatic heterocycles. The summed E-state index contributed by atoms with van der Waals surface area (Å²) in [6, 6.07) is 37.0. The molecule has 0 atom stereocenters. The van der Waals surface area contributed by atoms with Gasteiger partial charge in [-0.25, -0.2) is 4.98 Å². The molecule has 7 rings (SSSR count). The summed E-state index contributed by atoms with van der Waals surface area (Å²) >= 11 is 0. The normalized spacial score (nSPS) is 14.6. The number of hydrogen-bond donors (Lipinski definition) is 0. The molecular weight excluding hydrogens is 649 g/mol. The number of anilines is 2. The maximum atomic E-state index is 6.73. The highest BCUT2D eigenvalue weighted by Crippen LogP contribution is 2.48. The molecule has 5 nitrogen and oxygen atoms in total. The van der Waals surface area contributed by atoms with E-state index in [1.54, 1.807) is 0 Å². The van der Waals surface area contributed by atoms with E-state index in [1.165, 1.54) is 39.0 Å². The van der Waals surface area contributed by atoms with Gasteiger partial charge < -0.3 is 14.5 Å². The molecule has 0 N–H and O–H groups in total. The zero-order valence-corrected chi connectivity index (χ0v) is 33.8. The number of hydrogen-bond acceptors (Lipinski definition) is 4. The molecule has 0 saturated heterocycles. The average molecular weight is 705 g/mol. The second-order valence-electron chi connectivity index (χ2n) is 18.8. The molecule has 1 aliphatic rings. The van der Waals surface area contributed by atoms with Gasteiger partial charge in [0.15, 0.2) is 0 Å². The lowest BCUT2D eigenvalue weighted by Gasteiger charge is -2.34. The minimum atomic E-state index is -0.101. The lowest BCUT2D eigenvalue weighted by Crippen LogP contribution is -2.31. The predicted molar refractivity (Wildman–Crippen MR) is 225 cm³/mol. The molecule has 0 saturated carbocycles. The van der Waals surface area contributed by atoms with Crippen molar-refractivity contribution in [1.82, 2.24) is 9.55 Å². The Labute approximate surface area is 316 Å². The molecule has 3 heterocycles. The number of nitrogens with zero attached hydrogens (tertiary/aromatic N) is 4. The molecule has 53 heavy (non-hydrogen) atoms. The van der Waals surface area contributed by atoms with Crippen molar-refractivity contribution in [3.63, 3.8) is 0 Å². The first-order valence-corrected chi connectivity index (χ1v) is 19.0. The van der Waals surface area contributed by atoms with Gasteiger partial charge in [0.05, 0.1) is 17.7 Å². The number of aromatic nitrogens is 2. The van der Waals surface area contributed by atoms with Crippen LogP contribution in [0.2, 0.25) is 0 Å². The monoisotopic (exact) mass is 704 g/mol. The number of allylic oxidation sites excluding steroid dienone is 2. The van der Waals surface area contributed by atoms with Crippen LogP contribution in [0.4, 0.5) is 11.4 Å². The van der Waals surface area contributed by atoms with Crippen molar-refractivity contribution in [1.29, 1.82) is 0 Å². The Bertz CT molecular complexity index is 2330. The molecule has 4 aromatic carbocycles. The van der Waals surface area contributed by atoms with Gasteiger partial charge >= 0.3 is 0 Å². The van der Waals surface area contributed by atoms with E-state index in [0.29, 0.717) is 0 Å². The Morgan fingerprint density at radius 2 is 1.09 bits per heavy atom. The van der Waals surface area contributed by atoms with E-state index in [2.05, 4.69) is 201 Å². The van der Waals surface area contributed by atoms with Gasteiger partial charge in [-0.3, -0.25) is 4.57 Å². The van der Waals surface area contributed by atoms with Gasteiger partial charge in [0, 0.05) is 62.7 Å². The predicted octanol–water partition coefficient (Wildman–Crippen LogP) is 13.2. The van der Waals surface area contributed by atoms with Crippen LogP contribution in [0.1, 0.15) is 94.2 Å². The zero-order chi connectivity index (χ0) is 38.1. The number of ether oxygens (including phenoxy) is 1. The average Bonchev–Trinajstić information content (AvgIpc) is 3.66. The van der Waals surface area contributed by atoms with E-state index in [9.17, 15) is 0 Å². The number of rotatable bonds is 5. The Hall–Kier alpha value is -5.03. The van der Waals surface area contributed by atoms with E-state index in [-0.39, 0.29) is 21.7 Å². The van der Waals surface area contributed by atoms with Crippen LogP contribution in [0.25, 0.3) is 27.6 Å². The SMILES string of the molecule is CC(C)(C)C1=C(C(C)(C)C)N(c2cccc(Oc3ccc4c5ccccc5n(-c5cc(C(C)(C)C)ccn5)c4c3)c2)CN1c1ccc(C(C)(C)C)cc1. The van der Waals surface area contributed by atoms with Gasteiger partial charge in [0.1, 0.15) is 17.3 Å². The van der Waals surface area contributed by atoms with Crippen molar-refractivity contribution in [2.24, 2.45) is 10.8 Å². The molecule has 0 fully saturated rings. The summed E-state index contributed by atoms with van der Waals surface area (Å²) < 4.78 is 9.00. The van der Waals surface area contributed by atoms with Crippen LogP contribution >= 0.6 is 0 Å². The Morgan fingerprint density at radius 3 is 1.74 bits per heavy atom. The first-order valence-electron chi connectivity index (χ1n) is 19.0. The first-order chi connectivity index (χ1) is 24.8. The van der Waals surface area contributed by atoms with Crippen molar-refractivity contribution >= 4 is 33.2 Å². The number of fused-ring (bicyclic) bond motifs is 3. The molecule has 6 aromatic rings. The van der Waals surface area contributed by atoms with E-state index >= 15 is 0 Å². The number of pyridine rings is 1. The fourth-order valence-corrected chi connectivity index (χ4v) is 7.74. The molecule has 0 amide bonds. The molecule has 0 unspecified atom stereocenters. The smallest absolute Gasteiger partial charge is 0.137 e. The van der Waals surface area contributed by atoms with Crippen LogP contribution in [0, 0.1) is 10.8 Å². The first kappa shape index (κ1) is 36.3. The lowest BCUT2D eigenvalue weighted by atomic mass is 9.81. The highest BCUT2D eigenvalue weighted by Gasteiger charge is 2.41. The van der Waals surface area contributed by atoms with E-state index in [0.717, 1.165) is 40.7 Å². The molecule has 0 bridgehead atoms. The van der Waals surface area contributed by atoms with Gasteiger partial charge in [-0.2, -0.15) is 0 Å². The van der Waals surface area contributed by atoms with Crippen LogP contribution < -0.4 is 14.5 Å². The highest BCUT2D eigenvalue weighted by molar-refractivity contribution is 6.09. The summed E-state index contributed by atoms with van der Waals surface area (Å²) in [6.07, 6.45) is 1.92. The minimum Gasteiger partial charge on any atom is -0.457 e. The van der Waals surface area contributed by atoms with Crippen LogP contribution in [0.3, 0.4) is 0 Å². The highest BCUT2D eigenvalue weighted by atomic mass is 16.5. The third kappa shape index (κ3) is 6.94. The Balaban J connectivity index is 1.28. The second-order valence-corrected chi connectivity index (χ2v) is 18.8. The standard InChI is InChI=1S/C48H56N4O/c1-45(2,3)32-20-22-34(23-21-32)50-31-51(44(48(10,11)12)43(50)47(7,8)9)35-16-15-17-36(29-35)53-37-24-25-39-38-18-13-14-19-40(38)52(41(39)30-37)42-28-33(26-27-49-42)46(4,5)6/h13-30H,31H2,1-12H3. The molecule has 274 valence electrons. The van der Waals surface area contributed by atoms with Gasteiger partial charge in [0.2, 0.25) is 0 Å². The van der Waals surface area contributed by atoms with Crippen LogP contribution in [0.5, 0.6) is 11.5 Å². The van der Waals surface area contributed by atoms with Gasteiger partial charge in [-0.05, 0) is 76.6 Å². The molecule has 0 aliphatic carbocycles. The summed E-state index contributed by atoms with van der Waals surface area (Å²) in [5.74, 6) is 2.50. The fraction of sp³-hybridized carbons (Fsp3) is 0.354. The van der Waals surface area contributed by atoms with Crippen LogP contribution in [-0.2, 0) is 10.8 Å². The fourth-order valence-electron chi connectivity index (χ4n) is 7.74. The van der Waals surface area contributed by atoms with Gasteiger partial charge in [-0.1, -0.05) is 119 Å². The lowest BCUT2D eigenvalue weighted by molar-refractivity contribution is 0.444. The van der Waals surface area contributed by atoms with Crippen LogP contribution in [0.15, 0.2) is 121 Å². The quantitative estimate of drug-likeness (QED) is 0.179. The van der Waals surface area contributed by atoms with Crippen LogP contribution in [-0.4, -0.2) is 16.2 Å². The summed E-state index contributed by atoms with van der Waals surface area (Å²) in [5.41, 5.74) is 9.72. The second kappa shape index (κ2) is 12.8. The van der Waals surface area contributed by atoms with Gasteiger partial charge in [-0.15, -0.1) is 0 Å². The minimum absolute atomic E-state index is 0.00861. The molecule has 1 aliphatic heterocycles. The van der Waals surface area contributed by atoms with E-state index in [4.69, 9.17) is 9.72 Å². The summed E-state index contributed by atoms with van der Waals surface area (Å²) in [6.45, 7) is 28.2. The molecule has 0 spiro atoms. The van der Waals surface area contributed by atoms with E-state index < -0.39 is 0 Å². The third-order valence-corrected chi connectivity index (χ3v) is 10.4.